The van der Waals surface area contributed by atoms with Gasteiger partial charge in [0.05, 0.1) is 12.2 Å². The van der Waals surface area contributed by atoms with Crippen molar-refractivity contribution in [3.8, 4) is 5.75 Å². The molecule has 0 atom stereocenters. The molecule has 1 aromatic heterocycles. The Kier molecular flexibility index (Phi) is 8.31. The second kappa shape index (κ2) is 11.4. The normalized spacial score (nSPS) is 10.8. The van der Waals surface area contributed by atoms with E-state index < -0.39 is 0 Å². The highest BCUT2D eigenvalue weighted by atomic mass is 19.1. The van der Waals surface area contributed by atoms with Gasteiger partial charge < -0.3 is 10.1 Å². The van der Waals surface area contributed by atoms with Crippen LogP contribution in [0.1, 0.15) is 71.4 Å². The van der Waals surface area contributed by atoms with Crippen molar-refractivity contribution in [3.05, 3.63) is 70.7 Å². The number of hydrogen-bond acceptors (Lipinski definition) is 4. The molecule has 0 radical (unpaired) electrons. The van der Waals surface area contributed by atoms with E-state index in [0.29, 0.717) is 53.6 Å². The number of hydrogen-bond donors (Lipinski definition) is 1. The number of amides is 1. The molecule has 1 N–H and O–H groups in total. The van der Waals surface area contributed by atoms with Crippen molar-refractivity contribution in [2.75, 3.05) is 13.2 Å². The van der Waals surface area contributed by atoms with Gasteiger partial charge in [-0.1, -0.05) is 38.8 Å². The SMILES string of the molecule is CCCCNC(=O)c1cc(C=O)c(OCCCC)c2ncc(Cc3ccc(F)cc3)cc12. The van der Waals surface area contributed by atoms with Crippen molar-refractivity contribution >= 4 is 23.1 Å². The minimum atomic E-state index is -0.285. The lowest BCUT2D eigenvalue weighted by Crippen LogP contribution is -2.25. The number of halogens is 1. The third-order valence-corrected chi connectivity index (χ3v) is 5.26. The van der Waals surface area contributed by atoms with Crippen LogP contribution in [0.3, 0.4) is 0 Å². The number of ether oxygens (including phenoxy) is 1. The molecule has 168 valence electrons. The molecule has 5 nitrogen and oxygen atoms in total. The lowest BCUT2D eigenvalue weighted by Gasteiger charge is -2.15. The van der Waals surface area contributed by atoms with Crippen LogP contribution in [-0.2, 0) is 6.42 Å². The van der Waals surface area contributed by atoms with Gasteiger partial charge in [0.1, 0.15) is 11.3 Å². The first kappa shape index (κ1) is 23.4. The van der Waals surface area contributed by atoms with Crippen LogP contribution in [0.5, 0.6) is 5.75 Å². The van der Waals surface area contributed by atoms with E-state index in [2.05, 4.69) is 24.1 Å². The molecular formula is C26H29FN2O3. The Morgan fingerprint density at radius 3 is 2.53 bits per heavy atom. The summed E-state index contributed by atoms with van der Waals surface area (Å²) in [5, 5.41) is 3.56. The van der Waals surface area contributed by atoms with Crippen LogP contribution in [-0.4, -0.2) is 30.3 Å². The molecule has 0 aliphatic heterocycles. The summed E-state index contributed by atoms with van der Waals surface area (Å²) in [4.78, 5) is 29.3. The summed E-state index contributed by atoms with van der Waals surface area (Å²) in [6.07, 6.45) is 6.61. The van der Waals surface area contributed by atoms with Gasteiger partial charge in [-0.3, -0.25) is 14.6 Å². The summed E-state index contributed by atoms with van der Waals surface area (Å²) in [5.41, 5.74) is 3.02. The molecule has 1 amide bonds. The fraction of sp³-hybridized carbons (Fsp3) is 0.346. The molecule has 32 heavy (non-hydrogen) atoms. The number of benzene rings is 2. The average molecular weight is 437 g/mol. The van der Waals surface area contributed by atoms with E-state index in [1.165, 1.54) is 12.1 Å². The average Bonchev–Trinajstić information content (AvgIpc) is 2.80. The highest BCUT2D eigenvalue weighted by molar-refractivity contribution is 6.10. The zero-order valence-electron chi connectivity index (χ0n) is 18.6. The number of fused-ring (bicyclic) bond motifs is 1. The van der Waals surface area contributed by atoms with Crippen molar-refractivity contribution < 1.29 is 18.7 Å². The number of rotatable bonds is 11. The molecule has 0 saturated carbocycles. The standard InChI is InChI=1S/C26H29FN2O3/c1-3-5-11-28-26(31)23-15-20(17-30)25(32-12-6-4-2)24-22(23)14-19(16-29-24)13-18-7-9-21(27)10-8-18/h7-10,14-17H,3-6,11-13H2,1-2H3,(H,28,31). The topological polar surface area (TPSA) is 68.3 Å². The molecule has 0 aliphatic rings. The fourth-order valence-corrected chi connectivity index (χ4v) is 3.48. The van der Waals surface area contributed by atoms with Gasteiger partial charge in [-0.25, -0.2) is 4.39 Å². The Morgan fingerprint density at radius 1 is 1.09 bits per heavy atom. The van der Waals surface area contributed by atoms with E-state index in [4.69, 9.17) is 4.74 Å². The zero-order chi connectivity index (χ0) is 22.9. The highest BCUT2D eigenvalue weighted by Crippen LogP contribution is 2.32. The predicted octanol–water partition coefficient (Wildman–Crippen LogP) is 5.49. The van der Waals surface area contributed by atoms with Crippen molar-refractivity contribution in [3.63, 3.8) is 0 Å². The van der Waals surface area contributed by atoms with Crippen LogP contribution in [0, 0.1) is 5.82 Å². The molecule has 6 heteroatoms. The number of aromatic nitrogens is 1. The van der Waals surface area contributed by atoms with Gasteiger partial charge in [0.2, 0.25) is 0 Å². The molecule has 0 unspecified atom stereocenters. The van der Waals surface area contributed by atoms with E-state index in [1.54, 1.807) is 24.4 Å². The molecule has 0 fully saturated rings. The first-order chi connectivity index (χ1) is 15.6. The Hall–Kier alpha value is -3.28. The van der Waals surface area contributed by atoms with Crippen molar-refractivity contribution in [1.29, 1.82) is 0 Å². The maximum absolute atomic E-state index is 13.2. The Bertz CT molecular complexity index is 1080. The van der Waals surface area contributed by atoms with Crippen LogP contribution in [0.2, 0.25) is 0 Å². The lowest BCUT2D eigenvalue weighted by atomic mass is 9.99. The van der Waals surface area contributed by atoms with Gasteiger partial charge in [0, 0.05) is 23.7 Å². The summed E-state index contributed by atoms with van der Waals surface area (Å²) >= 11 is 0. The second-order valence-corrected chi connectivity index (χ2v) is 7.81. The fourth-order valence-electron chi connectivity index (χ4n) is 3.48. The Labute approximate surface area is 188 Å². The number of unbranched alkanes of at least 4 members (excludes halogenated alkanes) is 2. The molecule has 2 aromatic carbocycles. The van der Waals surface area contributed by atoms with Crippen molar-refractivity contribution in [1.82, 2.24) is 10.3 Å². The Morgan fingerprint density at radius 2 is 1.84 bits per heavy atom. The van der Waals surface area contributed by atoms with Crippen molar-refractivity contribution in [2.24, 2.45) is 0 Å². The number of pyridine rings is 1. The molecule has 3 rings (SSSR count). The summed E-state index contributed by atoms with van der Waals surface area (Å²) in [6.45, 7) is 5.14. The lowest BCUT2D eigenvalue weighted by molar-refractivity contribution is 0.0954. The van der Waals surface area contributed by atoms with Gasteiger partial charge in [-0.15, -0.1) is 0 Å². The maximum atomic E-state index is 13.2. The van der Waals surface area contributed by atoms with Crippen LogP contribution >= 0.6 is 0 Å². The number of carbonyl (C=O) groups is 2. The summed E-state index contributed by atoms with van der Waals surface area (Å²) < 4.78 is 19.2. The smallest absolute Gasteiger partial charge is 0.251 e. The van der Waals surface area contributed by atoms with Gasteiger partial charge in [-0.2, -0.15) is 0 Å². The molecule has 3 aromatic rings. The first-order valence-electron chi connectivity index (χ1n) is 11.1. The minimum Gasteiger partial charge on any atom is -0.491 e. The van der Waals surface area contributed by atoms with E-state index >= 15 is 0 Å². The molecule has 1 heterocycles. The number of nitrogens with one attached hydrogen (secondary N) is 1. The van der Waals surface area contributed by atoms with E-state index in [-0.39, 0.29) is 11.7 Å². The second-order valence-electron chi connectivity index (χ2n) is 7.81. The molecule has 0 saturated heterocycles. The third-order valence-electron chi connectivity index (χ3n) is 5.26. The number of carbonyl (C=O) groups excluding carboxylic acids is 2. The first-order valence-corrected chi connectivity index (χ1v) is 11.1. The summed E-state index contributed by atoms with van der Waals surface area (Å²) in [5.74, 6) is -0.124. The quantitative estimate of drug-likeness (QED) is 0.319. The van der Waals surface area contributed by atoms with Gasteiger partial charge in [0.15, 0.2) is 12.0 Å². The summed E-state index contributed by atoms with van der Waals surface area (Å²) in [7, 11) is 0. The predicted molar refractivity (Wildman–Crippen MR) is 124 cm³/mol. The number of nitrogens with zero attached hydrogens (tertiary/aromatic N) is 1. The number of aldehydes is 1. The van der Waals surface area contributed by atoms with Crippen LogP contribution in [0.25, 0.3) is 10.9 Å². The third kappa shape index (κ3) is 5.69. The minimum absolute atomic E-state index is 0.243. The molecule has 0 bridgehead atoms. The van der Waals surface area contributed by atoms with E-state index in [9.17, 15) is 14.0 Å². The monoisotopic (exact) mass is 436 g/mol. The van der Waals surface area contributed by atoms with Crippen molar-refractivity contribution in [2.45, 2.75) is 46.0 Å². The maximum Gasteiger partial charge on any atom is 0.251 e. The zero-order valence-corrected chi connectivity index (χ0v) is 18.6. The largest absolute Gasteiger partial charge is 0.491 e. The van der Waals surface area contributed by atoms with Crippen LogP contribution in [0.15, 0.2) is 42.6 Å². The molecular weight excluding hydrogens is 407 g/mol. The molecule has 0 spiro atoms. The van der Waals surface area contributed by atoms with Gasteiger partial charge in [-0.05, 0) is 54.7 Å². The van der Waals surface area contributed by atoms with E-state index in [1.807, 2.05) is 6.07 Å². The van der Waals surface area contributed by atoms with Gasteiger partial charge in [0.25, 0.3) is 5.91 Å². The molecule has 0 aliphatic carbocycles. The van der Waals surface area contributed by atoms with Crippen LogP contribution in [0.4, 0.5) is 4.39 Å². The van der Waals surface area contributed by atoms with Crippen LogP contribution < -0.4 is 10.1 Å². The highest BCUT2D eigenvalue weighted by Gasteiger charge is 2.19. The van der Waals surface area contributed by atoms with E-state index in [0.717, 1.165) is 36.8 Å². The summed E-state index contributed by atoms with van der Waals surface area (Å²) in [6, 6.07) is 9.79. The Balaban J connectivity index is 2.06. The van der Waals surface area contributed by atoms with Gasteiger partial charge >= 0.3 is 0 Å².